The van der Waals surface area contributed by atoms with Crippen LogP contribution >= 0.6 is 11.3 Å². The van der Waals surface area contributed by atoms with E-state index in [1.807, 2.05) is 19.1 Å². The summed E-state index contributed by atoms with van der Waals surface area (Å²) in [5, 5.41) is 19.2. The highest BCUT2D eigenvalue weighted by Gasteiger charge is 2.17. The number of anilines is 3. The topological polar surface area (TPSA) is 116 Å². The number of hydrogen-bond donors (Lipinski definition) is 4. The fraction of sp³-hybridized carbons (Fsp3) is 0.158. The van der Waals surface area contributed by atoms with Crippen molar-refractivity contribution in [2.45, 2.75) is 6.92 Å². The molecule has 0 aliphatic carbocycles. The van der Waals surface area contributed by atoms with Gasteiger partial charge in [-0.05, 0) is 24.6 Å². The fourth-order valence-corrected chi connectivity index (χ4v) is 3.55. The molecule has 0 fully saturated rings. The number of rotatable bonds is 7. The van der Waals surface area contributed by atoms with E-state index in [1.54, 1.807) is 11.4 Å². The maximum atomic E-state index is 12.3. The number of nitrogens with one attached hydrogen (secondary N) is 3. The summed E-state index contributed by atoms with van der Waals surface area (Å²) in [6.45, 7) is 5.41. The van der Waals surface area contributed by atoms with Gasteiger partial charge in [0.2, 0.25) is 5.91 Å². The third-order valence-electron chi connectivity index (χ3n) is 3.96. The lowest BCUT2D eigenvalue weighted by Gasteiger charge is -2.15. The van der Waals surface area contributed by atoms with Crippen LogP contribution < -0.4 is 16.0 Å². The first-order valence-electron chi connectivity index (χ1n) is 8.46. The minimum absolute atomic E-state index is 0.137. The van der Waals surface area contributed by atoms with Crippen molar-refractivity contribution in [1.82, 2.24) is 15.3 Å². The summed E-state index contributed by atoms with van der Waals surface area (Å²) < 4.78 is 0.709. The first-order valence-corrected chi connectivity index (χ1v) is 9.34. The van der Waals surface area contributed by atoms with E-state index in [-0.39, 0.29) is 25.0 Å². The molecule has 0 unspecified atom stereocenters. The van der Waals surface area contributed by atoms with Crippen molar-refractivity contribution in [2.24, 2.45) is 0 Å². The Kier molecular flexibility index (Phi) is 5.97. The molecule has 0 bridgehead atoms. The van der Waals surface area contributed by atoms with Crippen LogP contribution in [-0.2, 0) is 4.79 Å². The van der Waals surface area contributed by atoms with Gasteiger partial charge >= 0.3 is 0 Å². The van der Waals surface area contributed by atoms with Crippen molar-refractivity contribution in [2.75, 3.05) is 23.8 Å². The lowest BCUT2D eigenvalue weighted by Crippen LogP contribution is -2.26. The normalized spacial score (nSPS) is 10.5. The van der Waals surface area contributed by atoms with Crippen LogP contribution in [0.4, 0.5) is 17.2 Å². The molecule has 0 atom stereocenters. The van der Waals surface area contributed by atoms with Gasteiger partial charge in [-0.3, -0.25) is 9.59 Å². The summed E-state index contributed by atoms with van der Waals surface area (Å²) in [5.41, 5.74) is 3.13. The zero-order valence-corrected chi connectivity index (χ0v) is 16.0. The molecule has 0 saturated carbocycles. The Labute approximate surface area is 165 Å². The number of fused-ring (bicyclic) bond motifs is 1. The minimum Gasteiger partial charge on any atom is -0.395 e. The third-order valence-corrected chi connectivity index (χ3v) is 4.93. The highest BCUT2D eigenvalue weighted by Crippen LogP contribution is 2.34. The van der Waals surface area contributed by atoms with Gasteiger partial charge in [-0.1, -0.05) is 18.7 Å². The number of aromatic nitrogens is 2. The van der Waals surface area contributed by atoms with Gasteiger partial charge in [0.1, 0.15) is 6.33 Å². The Morgan fingerprint density at radius 2 is 2.14 bits per heavy atom. The van der Waals surface area contributed by atoms with E-state index in [2.05, 4.69) is 32.5 Å². The van der Waals surface area contributed by atoms with Gasteiger partial charge in [-0.15, -0.1) is 11.3 Å². The van der Waals surface area contributed by atoms with Gasteiger partial charge in [0.05, 0.1) is 33.8 Å². The van der Waals surface area contributed by atoms with Crippen LogP contribution in [0.3, 0.4) is 0 Å². The first kappa shape index (κ1) is 19.5. The molecule has 3 aromatic rings. The van der Waals surface area contributed by atoms with Crippen molar-refractivity contribution < 1.29 is 14.7 Å². The lowest BCUT2D eigenvalue weighted by atomic mass is 10.1. The number of hydrogen-bond acceptors (Lipinski definition) is 7. The van der Waals surface area contributed by atoms with E-state index in [0.717, 1.165) is 5.56 Å². The zero-order valence-electron chi connectivity index (χ0n) is 15.2. The van der Waals surface area contributed by atoms with Gasteiger partial charge < -0.3 is 21.1 Å². The summed E-state index contributed by atoms with van der Waals surface area (Å²) in [5.74, 6) is -0.0974. The minimum atomic E-state index is -0.319. The second kappa shape index (κ2) is 8.59. The lowest BCUT2D eigenvalue weighted by molar-refractivity contribution is -0.111. The summed E-state index contributed by atoms with van der Waals surface area (Å²) in [6.07, 6.45) is 2.58. The Morgan fingerprint density at radius 3 is 2.89 bits per heavy atom. The maximum Gasteiger partial charge on any atom is 0.254 e. The van der Waals surface area contributed by atoms with Crippen LogP contribution in [0.1, 0.15) is 15.9 Å². The largest absolute Gasteiger partial charge is 0.395 e. The number of para-hydroxylation sites is 1. The molecule has 2 aromatic heterocycles. The molecule has 0 spiro atoms. The van der Waals surface area contributed by atoms with E-state index < -0.39 is 0 Å². The van der Waals surface area contributed by atoms with Crippen molar-refractivity contribution >= 4 is 50.6 Å². The number of aryl methyl sites for hydroxylation is 1. The quantitative estimate of drug-likeness (QED) is 0.456. The molecule has 0 radical (unpaired) electrons. The predicted octanol–water partition coefficient (Wildman–Crippen LogP) is 2.59. The molecule has 8 nitrogen and oxygen atoms in total. The second-order valence-electron chi connectivity index (χ2n) is 5.84. The molecular formula is C19H19N5O3S. The van der Waals surface area contributed by atoms with Crippen LogP contribution in [0.5, 0.6) is 0 Å². The zero-order chi connectivity index (χ0) is 20.1. The summed E-state index contributed by atoms with van der Waals surface area (Å²) in [4.78, 5) is 32.5. The van der Waals surface area contributed by atoms with E-state index in [9.17, 15) is 9.59 Å². The summed E-state index contributed by atoms with van der Waals surface area (Å²) in [7, 11) is 0. The van der Waals surface area contributed by atoms with E-state index in [0.29, 0.717) is 33.0 Å². The molecule has 0 aliphatic heterocycles. The Hall–Kier alpha value is -3.30. The molecule has 1 aromatic carbocycles. The van der Waals surface area contributed by atoms with Crippen LogP contribution in [-0.4, -0.2) is 40.0 Å². The van der Waals surface area contributed by atoms with Crippen molar-refractivity contribution in [1.29, 1.82) is 0 Å². The number of aliphatic hydroxyl groups excluding tert-OH is 1. The van der Waals surface area contributed by atoms with Crippen LogP contribution in [0, 0.1) is 6.92 Å². The van der Waals surface area contributed by atoms with Gasteiger partial charge in [-0.2, -0.15) is 0 Å². The molecule has 2 amide bonds. The molecule has 0 aliphatic rings. The van der Waals surface area contributed by atoms with Crippen molar-refractivity contribution in [3.05, 3.63) is 53.7 Å². The predicted molar refractivity (Wildman–Crippen MR) is 110 cm³/mol. The average molecular weight is 397 g/mol. The molecule has 9 heteroatoms. The average Bonchev–Trinajstić information content (AvgIpc) is 3.13. The van der Waals surface area contributed by atoms with E-state index in [4.69, 9.17) is 5.11 Å². The number of benzene rings is 1. The number of amides is 2. The molecule has 0 saturated heterocycles. The highest BCUT2D eigenvalue weighted by atomic mass is 32.1. The van der Waals surface area contributed by atoms with Crippen LogP contribution in [0.2, 0.25) is 0 Å². The standard InChI is InChI=1S/C19H19N5O3S/c1-3-14(26)23-13-6-4-5-11(2)15(13)24-18-17-16(21-10-22-18)12(9-28-17)19(27)20-7-8-25/h3-6,9-10,25H,1,7-8H2,2H3,(H,20,27)(H,23,26)(H,21,22,24). The Morgan fingerprint density at radius 1 is 1.32 bits per heavy atom. The van der Waals surface area contributed by atoms with Crippen LogP contribution in [0.25, 0.3) is 10.2 Å². The molecule has 3 rings (SSSR count). The first-order chi connectivity index (χ1) is 13.5. The smallest absolute Gasteiger partial charge is 0.254 e. The number of carbonyl (C=O) groups excluding carboxylic acids is 2. The SMILES string of the molecule is C=CC(=O)Nc1cccc(C)c1Nc1ncnc2c(C(=O)NCCO)csc12. The van der Waals surface area contributed by atoms with Gasteiger partial charge in [0.15, 0.2) is 5.82 Å². The number of aliphatic hydroxyl groups is 1. The molecule has 2 heterocycles. The molecule has 4 N–H and O–H groups in total. The number of nitrogens with zero attached hydrogens (tertiary/aromatic N) is 2. The summed E-state index contributed by atoms with van der Waals surface area (Å²) >= 11 is 1.34. The van der Waals surface area contributed by atoms with Gasteiger partial charge in [0, 0.05) is 11.9 Å². The molecule has 144 valence electrons. The van der Waals surface area contributed by atoms with Crippen LogP contribution in [0.15, 0.2) is 42.6 Å². The van der Waals surface area contributed by atoms with E-state index in [1.165, 1.54) is 23.7 Å². The monoisotopic (exact) mass is 397 g/mol. The third kappa shape index (κ3) is 4.00. The Balaban J connectivity index is 1.98. The highest BCUT2D eigenvalue weighted by molar-refractivity contribution is 7.18. The van der Waals surface area contributed by atoms with Gasteiger partial charge in [0.25, 0.3) is 5.91 Å². The molecule has 28 heavy (non-hydrogen) atoms. The molecular weight excluding hydrogens is 378 g/mol. The van der Waals surface area contributed by atoms with Crippen molar-refractivity contribution in [3.8, 4) is 0 Å². The maximum absolute atomic E-state index is 12.3. The van der Waals surface area contributed by atoms with Gasteiger partial charge in [-0.25, -0.2) is 9.97 Å². The Bertz CT molecular complexity index is 1050. The van der Waals surface area contributed by atoms with E-state index >= 15 is 0 Å². The fourth-order valence-electron chi connectivity index (χ4n) is 2.61. The number of thiophene rings is 1. The second-order valence-corrected chi connectivity index (χ2v) is 6.72. The summed E-state index contributed by atoms with van der Waals surface area (Å²) in [6, 6.07) is 5.52. The van der Waals surface area contributed by atoms with Crippen molar-refractivity contribution in [3.63, 3.8) is 0 Å². The number of carbonyl (C=O) groups is 2.